The van der Waals surface area contributed by atoms with Crippen molar-refractivity contribution < 1.29 is 13.9 Å². The molecule has 2 aliphatic rings. The molecule has 28 heavy (non-hydrogen) atoms. The third kappa shape index (κ3) is 3.91. The van der Waals surface area contributed by atoms with Crippen LogP contribution >= 0.6 is 0 Å². The van der Waals surface area contributed by atoms with Gasteiger partial charge in [0.15, 0.2) is 0 Å². The van der Waals surface area contributed by atoms with E-state index in [-0.39, 0.29) is 11.3 Å². The standard InChI is InChI=1S/C21H25FN4O2/c1-25-11-18(13-28-12-16-3-2-6-23-10-16)21(14-25)5-8-26(15-21)20(27)17-4-7-24-19(22)9-17/h2-4,6-7,9-10,18H,5,8,11-15H2,1H3/t18-,21-/m1/s1. The smallest absolute Gasteiger partial charge is 0.254 e. The Hall–Kier alpha value is -2.38. The Morgan fingerprint density at radius 3 is 3.04 bits per heavy atom. The minimum Gasteiger partial charge on any atom is -0.376 e. The number of likely N-dealkylation sites (tertiary alicyclic amines) is 2. The summed E-state index contributed by atoms with van der Waals surface area (Å²) >= 11 is 0. The van der Waals surface area contributed by atoms with Crippen LogP contribution < -0.4 is 0 Å². The van der Waals surface area contributed by atoms with Gasteiger partial charge in [-0.05, 0) is 31.2 Å². The predicted molar refractivity (Wildman–Crippen MR) is 102 cm³/mol. The highest BCUT2D eigenvalue weighted by Gasteiger charge is 2.50. The Bertz CT molecular complexity index is 834. The summed E-state index contributed by atoms with van der Waals surface area (Å²) in [6, 6.07) is 6.70. The second-order valence-corrected chi connectivity index (χ2v) is 7.98. The van der Waals surface area contributed by atoms with Crippen LogP contribution in [-0.2, 0) is 11.3 Å². The first-order chi connectivity index (χ1) is 13.6. The number of pyridine rings is 2. The molecule has 4 rings (SSSR count). The molecule has 0 bridgehead atoms. The fourth-order valence-electron chi connectivity index (χ4n) is 4.58. The number of rotatable bonds is 5. The lowest BCUT2D eigenvalue weighted by atomic mass is 9.77. The zero-order valence-electron chi connectivity index (χ0n) is 16.1. The van der Waals surface area contributed by atoms with Gasteiger partial charge < -0.3 is 14.5 Å². The van der Waals surface area contributed by atoms with E-state index in [0.29, 0.717) is 37.8 Å². The maximum atomic E-state index is 13.4. The quantitative estimate of drug-likeness (QED) is 0.740. The summed E-state index contributed by atoms with van der Waals surface area (Å²) in [5.41, 5.74) is 1.45. The molecule has 4 heterocycles. The first kappa shape index (κ1) is 19.0. The average molecular weight is 384 g/mol. The van der Waals surface area contributed by atoms with Gasteiger partial charge in [0.1, 0.15) is 0 Å². The number of aromatic nitrogens is 2. The SMILES string of the molecule is CN1C[C@H](COCc2cccnc2)[C@]2(CCN(C(=O)c3ccnc(F)c3)C2)C1. The number of carbonyl (C=O) groups is 1. The normalized spacial score (nSPS) is 24.9. The highest BCUT2D eigenvalue weighted by atomic mass is 19.1. The molecule has 148 valence electrons. The molecule has 2 atom stereocenters. The third-order valence-electron chi connectivity index (χ3n) is 5.94. The van der Waals surface area contributed by atoms with Gasteiger partial charge in [-0.2, -0.15) is 4.39 Å². The van der Waals surface area contributed by atoms with Crippen LogP contribution in [0.1, 0.15) is 22.3 Å². The number of amides is 1. The van der Waals surface area contributed by atoms with Crippen LogP contribution in [0, 0.1) is 17.3 Å². The van der Waals surface area contributed by atoms with Crippen molar-refractivity contribution >= 4 is 5.91 Å². The minimum absolute atomic E-state index is 0.0327. The molecular weight excluding hydrogens is 359 g/mol. The van der Waals surface area contributed by atoms with Gasteiger partial charge in [0, 0.05) is 67.7 Å². The molecule has 0 radical (unpaired) electrons. The van der Waals surface area contributed by atoms with E-state index in [1.54, 1.807) is 12.3 Å². The highest BCUT2D eigenvalue weighted by molar-refractivity contribution is 5.94. The molecule has 2 fully saturated rings. The summed E-state index contributed by atoms with van der Waals surface area (Å²) < 4.78 is 19.4. The van der Waals surface area contributed by atoms with E-state index >= 15 is 0 Å². The molecule has 0 N–H and O–H groups in total. The number of ether oxygens (including phenoxy) is 1. The van der Waals surface area contributed by atoms with Gasteiger partial charge in [0.2, 0.25) is 5.95 Å². The summed E-state index contributed by atoms with van der Waals surface area (Å²) in [6.45, 7) is 4.48. The largest absolute Gasteiger partial charge is 0.376 e. The van der Waals surface area contributed by atoms with Gasteiger partial charge in [0.25, 0.3) is 5.91 Å². The van der Waals surface area contributed by atoms with Crippen LogP contribution in [-0.4, -0.2) is 65.5 Å². The molecule has 2 aromatic rings. The summed E-state index contributed by atoms with van der Waals surface area (Å²) in [7, 11) is 2.12. The third-order valence-corrected chi connectivity index (χ3v) is 5.94. The lowest BCUT2D eigenvalue weighted by Gasteiger charge is -2.30. The first-order valence-electron chi connectivity index (χ1n) is 9.62. The van der Waals surface area contributed by atoms with E-state index in [1.165, 1.54) is 12.3 Å². The van der Waals surface area contributed by atoms with E-state index in [9.17, 15) is 9.18 Å². The Morgan fingerprint density at radius 1 is 1.36 bits per heavy atom. The van der Waals surface area contributed by atoms with Gasteiger partial charge in [-0.1, -0.05) is 6.07 Å². The van der Waals surface area contributed by atoms with Crippen molar-refractivity contribution in [3.05, 3.63) is 59.9 Å². The Morgan fingerprint density at radius 2 is 2.25 bits per heavy atom. The van der Waals surface area contributed by atoms with Crippen LogP contribution in [0.5, 0.6) is 0 Å². The fraction of sp³-hybridized carbons (Fsp3) is 0.476. The molecule has 1 spiro atoms. The predicted octanol–water partition coefficient (Wildman–Crippen LogP) is 2.23. The topological polar surface area (TPSA) is 58.6 Å². The summed E-state index contributed by atoms with van der Waals surface area (Å²) in [6.07, 6.45) is 5.86. The van der Waals surface area contributed by atoms with Crippen LogP contribution in [0.4, 0.5) is 4.39 Å². The molecule has 0 unspecified atom stereocenters. The molecule has 2 aliphatic heterocycles. The van der Waals surface area contributed by atoms with Crippen molar-refractivity contribution in [3.8, 4) is 0 Å². The Kier molecular flexibility index (Phi) is 5.37. The zero-order chi connectivity index (χ0) is 19.6. The summed E-state index contributed by atoms with van der Waals surface area (Å²) in [5.74, 6) is -0.383. The van der Waals surface area contributed by atoms with Crippen molar-refractivity contribution in [3.63, 3.8) is 0 Å². The molecule has 6 nitrogen and oxygen atoms in total. The van der Waals surface area contributed by atoms with Crippen LogP contribution in [0.3, 0.4) is 0 Å². The van der Waals surface area contributed by atoms with E-state index in [4.69, 9.17) is 4.74 Å². The number of nitrogens with zero attached hydrogens (tertiary/aromatic N) is 4. The number of halogens is 1. The number of hydrogen-bond donors (Lipinski definition) is 0. The Balaban J connectivity index is 1.40. The second-order valence-electron chi connectivity index (χ2n) is 7.98. The maximum absolute atomic E-state index is 13.4. The average Bonchev–Trinajstić information content (AvgIpc) is 3.25. The summed E-state index contributed by atoms with van der Waals surface area (Å²) in [5, 5.41) is 0. The molecule has 0 saturated carbocycles. The van der Waals surface area contributed by atoms with Gasteiger partial charge in [-0.25, -0.2) is 4.98 Å². The van der Waals surface area contributed by atoms with Gasteiger partial charge in [-0.15, -0.1) is 0 Å². The van der Waals surface area contributed by atoms with Gasteiger partial charge in [0.05, 0.1) is 13.2 Å². The lowest BCUT2D eigenvalue weighted by Crippen LogP contribution is -2.38. The highest BCUT2D eigenvalue weighted by Crippen LogP contribution is 2.44. The van der Waals surface area contributed by atoms with E-state index in [1.807, 2.05) is 23.2 Å². The minimum atomic E-state index is -0.623. The molecule has 2 aromatic heterocycles. The van der Waals surface area contributed by atoms with Crippen LogP contribution in [0.15, 0.2) is 42.9 Å². The van der Waals surface area contributed by atoms with Gasteiger partial charge >= 0.3 is 0 Å². The summed E-state index contributed by atoms with van der Waals surface area (Å²) in [4.78, 5) is 24.6. The molecule has 0 aromatic carbocycles. The van der Waals surface area contributed by atoms with Crippen LogP contribution in [0.2, 0.25) is 0 Å². The van der Waals surface area contributed by atoms with Crippen molar-refractivity contribution in [2.45, 2.75) is 13.0 Å². The van der Waals surface area contributed by atoms with Crippen molar-refractivity contribution in [1.29, 1.82) is 0 Å². The van der Waals surface area contributed by atoms with Crippen molar-refractivity contribution in [1.82, 2.24) is 19.8 Å². The molecule has 2 saturated heterocycles. The Labute approximate surface area is 164 Å². The second kappa shape index (κ2) is 7.93. The maximum Gasteiger partial charge on any atom is 0.254 e. The number of hydrogen-bond acceptors (Lipinski definition) is 5. The molecule has 1 amide bonds. The van der Waals surface area contributed by atoms with Gasteiger partial charge in [-0.3, -0.25) is 9.78 Å². The van der Waals surface area contributed by atoms with Crippen LogP contribution in [0.25, 0.3) is 0 Å². The molecule has 7 heteroatoms. The van der Waals surface area contributed by atoms with E-state index < -0.39 is 5.95 Å². The fourth-order valence-corrected chi connectivity index (χ4v) is 4.58. The van der Waals surface area contributed by atoms with E-state index in [0.717, 1.165) is 25.1 Å². The van der Waals surface area contributed by atoms with Crippen molar-refractivity contribution in [2.24, 2.45) is 11.3 Å². The van der Waals surface area contributed by atoms with Crippen molar-refractivity contribution in [2.75, 3.05) is 39.8 Å². The zero-order valence-corrected chi connectivity index (χ0v) is 16.1. The molecular formula is C21H25FN4O2. The number of carbonyl (C=O) groups excluding carboxylic acids is 1. The lowest BCUT2D eigenvalue weighted by molar-refractivity contribution is 0.0495. The van der Waals surface area contributed by atoms with E-state index in [2.05, 4.69) is 21.9 Å². The first-order valence-corrected chi connectivity index (χ1v) is 9.62. The molecule has 0 aliphatic carbocycles. The monoisotopic (exact) mass is 384 g/mol.